The fourth-order valence-corrected chi connectivity index (χ4v) is 4.17. The van der Waals surface area contributed by atoms with E-state index in [9.17, 15) is 14.4 Å². The summed E-state index contributed by atoms with van der Waals surface area (Å²) in [5.74, 6) is 1.29. The molecule has 0 bridgehead atoms. The number of hydrogen-bond acceptors (Lipinski definition) is 5. The van der Waals surface area contributed by atoms with Gasteiger partial charge in [0, 0.05) is 49.4 Å². The summed E-state index contributed by atoms with van der Waals surface area (Å²) in [4.78, 5) is 43.8. The largest absolute Gasteiger partial charge is 0.369 e. The zero-order valence-electron chi connectivity index (χ0n) is 18.7. The van der Waals surface area contributed by atoms with Gasteiger partial charge in [-0.1, -0.05) is 0 Å². The lowest BCUT2D eigenvalue weighted by atomic mass is 9.88. The van der Waals surface area contributed by atoms with E-state index >= 15 is 0 Å². The first-order chi connectivity index (χ1) is 16.0. The number of nitrogens with two attached hydrogens (primary N) is 1. The Balaban J connectivity index is 0.000000376. The van der Waals surface area contributed by atoms with E-state index in [1.807, 2.05) is 29.3 Å². The molecule has 0 aromatic carbocycles. The van der Waals surface area contributed by atoms with Crippen LogP contribution in [0.4, 0.5) is 5.82 Å². The van der Waals surface area contributed by atoms with Crippen molar-refractivity contribution in [3.8, 4) is 6.07 Å². The van der Waals surface area contributed by atoms with Gasteiger partial charge in [-0.05, 0) is 62.1 Å². The number of carbonyl (C=O) groups is 3. The fourth-order valence-electron chi connectivity index (χ4n) is 4.17. The minimum atomic E-state index is -0.130. The molecule has 2 saturated carbocycles. The maximum Gasteiger partial charge on any atom is 0.228 e. The number of rotatable bonds is 6. The summed E-state index contributed by atoms with van der Waals surface area (Å²) in [7, 11) is 0. The van der Waals surface area contributed by atoms with Crippen LogP contribution in [0.15, 0.2) is 18.3 Å². The van der Waals surface area contributed by atoms with E-state index in [-0.39, 0.29) is 36.0 Å². The average Bonchev–Trinajstić information content (AvgIpc) is 3.74. The average molecular weight is 451 g/mol. The number of nitrogens with zero attached hydrogens (tertiary/aromatic N) is 3. The molecule has 3 fully saturated rings. The molecular weight excluding hydrogens is 420 g/mol. The molecule has 174 valence electrons. The molecule has 2 aliphatic carbocycles. The number of anilines is 1. The number of carbonyl (C=O) groups excluding carboxylic acids is 3. The van der Waals surface area contributed by atoms with E-state index < -0.39 is 0 Å². The molecule has 4 N–H and O–H groups in total. The Morgan fingerprint density at radius 3 is 2.42 bits per heavy atom. The zero-order chi connectivity index (χ0) is 23.4. The summed E-state index contributed by atoms with van der Waals surface area (Å²) in [5.41, 5.74) is 6.82. The van der Waals surface area contributed by atoms with Crippen LogP contribution >= 0.6 is 0 Å². The van der Waals surface area contributed by atoms with Gasteiger partial charge in [0.25, 0.3) is 0 Å². The summed E-state index contributed by atoms with van der Waals surface area (Å²) >= 11 is 0. The highest BCUT2D eigenvalue weighted by molar-refractivity contribution is 5.94. The van der Waals surface area contributed by atoms with Gasteiger partial charge in [-0.3, -0.25) is 14.4 Å². The minimum Gasteiger partial charge on any atom is -0.369 e. The lowest BCUT2D eigenvalue weighted by Crippen LogP contribution is -2.37. The van der Waals surface area contributed by atoms with Crippen LogP contribution in [0.25, 0.3) is 11.0 Å². The summed E-state index contributed by atoms with van der Waals surface area (Å²) in [5, 5.41) is 12.7. The molecule has 3 amide bonds. The third-order valence-electron chi connectivity index (χ3n) is 6.48. The number of piperidine rings is 1. The molecule has 2 aromatic heterocycles. The van der Waals surface area contributed by atoms with Crippen LogP contribution in [0, 0.1) is 23.2 Å². The van der Waals surface area contributed by atoms with Gasteiger partial charge in [0.05, 0.1) is 6.07 Å². The third kappa shape index (κ3) is 5.89. The van der Waals surface area contributed by atoms with Crippen LogP contribution in [0.2, 0.25) is 0 Å². The number of primary amides is 1. The Bertz CT molecular complexity index is 1070. The Morgan fingerprint density at radius 2 is 1.85 bits per heavy atom. The zero-order valence-corrected chi connectivity index (χ0v) is 18.7. The lowest BCUT2D eigenvalue weighted by molar-refractivity contribution is -0.132. The van der Waals surface area contributed by atoms with Crippen LogP contribution < -0.4 is 11.1 Å². The fraction of sp³-hybridized carbons (Fsp3) is 0.542. The predicted octanol–water partition coefficient (Wildman–Crippen LogP) is 2.80. The number of pyridine rings is 1. The van der Waals surface area contributed by atoms with E-state index in [1.165, 1.54) is 5.56 Å². The van der Waals surface area contributed by atoms with Crippen molar-refractivity contribution in [1.82, 2.24) is 14.9 Å². The van der Waals surface area contributed by atoms with E-state index in [0.717, 1.165) is 49.6 Å². The highest BCUT2D eigenvalue weighted by Crippen LogP contribution is 2.35. The minimum absolute atomic E-state index is 0.0530. The number of H-pyrrole nitrogens is 1. The third-order valence-corrected chi connectivity index (χ3v) is 6.48. The Labute approximate surface area is 192 Å². The van der Waals surface area contributed by atoms with Crippen molar-refractivity contribution in [2.75, 3.05) is 18.4 Å². The van der Waals surface area contributed by atoms with Gasteiger partial charge in [-0.2, -0.15) is 5.26 Å². The number of hydrogen-bond donors (Lipinski definition) is 3. The quantitative estimate of drug-likeness (QED) is 0.619. The monoisotopic (exact) mass is 450 g/mol. The number of amides is 3. The van der Waals surface area contributed by atoms with Gasteiger partial charge >= 0.3 is 0 Å². The van der Waals surface area contributed by atoms with Gasteiger partial charge in [0.15, 0.2) is 0 Å². The lowest BCUT2D eigenvalue weighted by Gasteiger charge is -2.32. The molecule has 0 unspecified atom stereocenters. The van der Waals surface area contributed by atoms with E-state index in [4.69, 9.17) is 11.0 Å². The summed E-state index contributed by atoms with van der Waals surface area (Å²) in [6.07, 6.45) is 8.16. The number of fused-ring (bicyclic) bond motifs is 1. The topological polar surface area (TPSA) is 145 Å². The normalized spacial score (nSPS) is 18.2. The molecule has 0 atom stereocenters. The Hall–Kier alpha value is -3.41. The highest BCUT2D eigenvalue weighted by atomic mass is 16.2. The van der Waals surface area contributed by atoms with Crippen LogP contribution in [0.5, 0.6) is 0 Å². The standard InChI is InChI=1S/C20H23N5O2.C4H7NO/c21-8-1-2-18(26)25-10-6-13(7-11-25)16-12-17(24-20(27)14-3-4-14)23-19-15(16)5-9-22-19;5-4(6)3-1-2-3/h5,9,12-14H,1-4,6-7,10-11H2,(H2,22,23,24,27);3H,1-2H2,(H2,5,6). The highest BCUT2D eigenvalue weighted by Gasteiger charge is 2.31. The van der Waals surface area contributed by atoms with Crippen LogP contribution in [-0.2, 0) is 14.4 Å². The molecule has 2 aromatic rings. The molecule has 3 heterocycles. The van der Waals surface area contributed by atoms with Crippen LogP contribution in [-0.4, -0.2) is 45.7 Å². The van der Waals surface area contributed by atoms with Gasteiger partial charge in [0.2, 0.25) is 17.7 Å². The maximum atomic E-state index is 12.1. The molecule has 1 aliphatic heterocycles. The molecule has 3 aliphatic rings. The molecule has 5 rings (SSSR count). The molecule has 0 spiro atoms. The summed E-state index contributed by atoms with van der Waals surface area (Å²) < 4.78 is 0. The molecule has 9 heteroatoms. The van der Waals surface area contributed by atoms with Crippen molar-refractivity contribution in [3.63, 3.8) is 0 Å². The van der Waals surface area contributed by atoms with Gasteiger partial charge < -0.3 is 20.9 Å². The maximum absolute atomic E-state index is 12.1. The van der Waals surface area contributed by atoms with Crippen molar-refractivity contribution in [1.29, 1.82) is 5.26 Å². The summed E-state index contributed by atoms with van der Waals surface area (Å²) in [6, 6.07) is 6.05. The summed E-state index contributed by atoms with van der Waals surface area (Å²) in [6.45, 7) is 1.40. The second-order valence-corrected chi connectivity index (χ2v) is 9.09. The van der Waals surface area contributed by atoms with Gasteiger partial charge in [-0.25, -0.2) is 4.98 Å². The van der Waals surface area contributed by atoms with Crippen molar-refractivity contribution in [3.05, 3.63) is 23.9 Å². The first-order valence-electron chi connectivity index (χ1n) is 11.7. The van der Waals surface area contributed by atoms with Crippen molar-refractivity contribution in [2.45, 2.75) is 57.3 Å². The van der Waals surface area contributed by atoms with Crippen molar-refractivity contribution >= 4 is 34.6 Å². The van der Waals surface area contributed by atoms with Crippen molar-refractivity contribution in [2.24, 2.45) is 17.6 Å². The number of likely N-dealkylation sites (tertiary alicyclic amines) is 1. The smallest absolute Gasteiger partial charge is 0.228 e. The van der Waals surface area contributed by atoms with E-state index in [0.29, 0.717) is 31.2 Å². The number of aromatic amines is 1. The first kappa shape index (κ1) is 22.8. The van der Waals surface area contributed by atoms with Crippen LogP contribution in [0.3, 0.4) is 0 Å². The second-order valence-electron chi connectivity index (χ2n) is 9.09. The predicted molar refractivity (Wildman–Crippen MR) is 123 cm³/mol. The number of nitrogens with one attached hydrogen (secondary N) is 2. The molecule has 9 nitrogen and oxygen atoms in total. The number of nitriles is 1. The molecular formula is C24H30N6O3. The van der Waals surface area contributed by atoms with E-state index in [2.05, 4.69) is 15.3 Å². The number of aromatic nitrogens is 2. The first-order valence-corrected chi connectivity index (χ1v) is 11.7. The van der Waals surface area contributed by atoms with Gasteiger partial charge in [0.1, 0.15) is 11.5 Å². The Morgan fingerprint density at radius 1 is 1.15 bits per heavy atom. The molecule has 0 radical (unpaired) electrons. The van der Waals surface area contributed by atoms with Gasteiger partial charge in [-0.15, -0.1) is 0 Å². The molecule has 33 heavy (non-hydrogen) atoms. The molecule has 1 saturated heterocycles. The van der Waals surface area contributed by atoms with E-state index in [1.54, 1.807) is 0 Å². The van der Waals surface area contributed by atoms with Crippen LogP contribution in [0.1, 0.15) is 62.8 Å². The van der Waals surface area contributed by atoms with Crippen molar-refractivity contribution < 1.29 is 14.4 Å². The SMILES string of the molecule is N#CCCC(=O)N1CCC(c2cc(NC(=O)C3CC3)nc3[nH]ccc23)CC1.NC(=O)C1CC1. The second kappa shape index (κ2) is 10.0. The Kier molecular flexibility index (Phi) is 6.92.